The summed E-state index contributed by atoms with van der Waals surface area (Å²) >= 11 is 0. The van der Waals surface area contributed by atoms with E-state index in [1.807, 2.05) is 30.3 Å². The van der Waals surface area contributed by atoms with Crippen molar-refractivity contribution in [2.75, 3.05) is 19.6 Å². The highest BCUT2D eigenvalue weighted by molar-refractivity contribution is 6.07. The van der Waals surface area contributed by atoms with Crippen LogP contribution in [0.2, 0.25) is 0 Å². The van der Waals surface area contributed by atoms with E-state index in [1.165, 1.54) is 10.5 Å². The summed E-state index contributed by atoms with van der Waals surface area (Å²) in [5, 5.41) is 8.43. The van der Waals surface area contributed by atoms with E-state index in [-0.39, 0.29) is 18.0 Å². The molecule has 0 unspecified atom stereocenters. The molecule has 7 heteroatoms. The van der Waals surface area contributed by atoms with Gasteiger partial charge in [0.2, 0.25) is 0 Å². The molecule has 5 amide bonds. The lowest BCUT2D eigenvalue weighted by atomic mass is 9.98. The van der Waals surface area contributed by atoms with Crippen LogP contribution < -0.4 is 16.0 Å². The molecule has 140 valence electrons. The smallest absolute Gasteiger partial charge is 0.325 e. The van der Waals surface area contributed by atoms with Crippen LogP contribution >= 0.6 is 0 Å². The quantitative estimate of drug-likeness (QED) is 0.513. The molecule has 1 aromatic rings. The number of hydrogen-bond acceptors (Lipinski definition) is 3. The van der Waals surface area contributed by atoms with E-state index in [2.05, 4.69) is 16.0 Å². The molecule has 1 aromatic carbocycles. The second kappa shape index (κ2) is 8.21. The normalized spacial score (nSPS) is 18.2. The summed E-state index contributed by atoms with van der Waals surface area (Å²) in [6, 6.07) is 9.42. The number of carbonyl (C=O) groups excluding carboxylic acids is 3. The first-order valence-electron chi connectivity index (χ1n) is 9.30. The summed E-state index contributed by atoms with van der Waals surface area (Å²) in [4.78, 5) is 37.6. The predicted octanol–water partition coefficient (Wildman–Crippen LogP) is 1.78. The van der Waals surface area contributed by atoms with Gasteiger partial charge in [0.1, 0.15) is 5.54 Å². The summed E-state index contributed by atoms with van der Waals surface area (Å²) in [5.41, 5.74) is 0.520. The van der Waals surface area contributed by atoms with Gasteiger partial charge >= 0.3 is 12.1 Å². The molecule has 1 saturated heterocycles. The minimum Gasteiger partial charge on any atom is -0.338 e. The maximum atomic E-state index is 12.5. The van der Waals surface area contributed by atoms with Gasteiger partial charge in [0.15, 0.2) is 0 Å². The molecular weight excluding hydrogens is 332 g/mol. The third kappa shape index (κ3) is 4.15. The van der Waals surface area contributed by atoms with Gasteiger partial charge in [-0.2, -0.15) is 0 Å². The molecule has 1 aliphatic carbocycles. The number of carbonyl (C=O) groups is 3. The van der Waals surface area contributed by atoms with Gasteiger partial charge in [-0.05, 0) is 31.2 Å². The van der Waals surface area contributed by atoms with Gasteiger partial charge < -0.3 is 16.0 Å². The van der Waals surface area contributed by atoms with Crippen LogP contribution in [-0.2, 0) is 11.2 Å². The molecule has 1 saturated carbocycles. The minimum absolute atomic E-state index is 0.104. The Bertz CT molecular complexity index is 656. The first-order chi connectivity index (χ1) is 12.6. The zero-order valence-corrected chi connectivity index (χ0v) is 14.9. The molecule has 1 heterocycles. The highest BCUT2D eigenvalue weighted by Crippen LogP contribution is 2.34. The van der Waals surface area contributed by atoms with Crippen LogP contribution in [0.25, 0.3) is 0 Å². The molecule has 3 N–H and O–H groups in total. The Morgan fingerprint density at radius 3 is 2.50 bits per heavy atom. The molecule has 0 radical (unpaired) electrons. The van der Waals surface area contributed by atoms with Crippen LogP contribution in [0, 0.1) is 0 Å². The minimum atomic E-state index is -0.653. The van der Waals surface area contributed by atoms with Gasteiger partial charge in [0, 0.05) is 19.6 Å². The summed E-state index contributed by atoms with van der Waals surface area (Å²) < 4.78 is 0. The molecule has 2 fully saturated rings. The van der Waals surface area contributed by atoms with Crippen molar-refractivity contribution < 1.29 is 14.4 Å². The first-order valence-corrected chi connectivity index (χ1v) is 9.30. The number of amides is 5. The van der Waals surface area contributed by atoms with E-state index in [0.717, 1.165) is 32.1 Å². The fraction of sp³-hybridized carbons (Fsp3) is 0.526. The van der Waals surface area contributed by atoms with E-state index in [0.29, 0.717) is 26.1 Å². The Morgan fingerprint density at radius 2 is 1.77 bits per heavy atom. The number of benzene rings is 1. The van der Waals surface area contributed by atoms with Crippen molar-refractivity contribution >= 4 is 18.0 Å². The fourth-order valence-corrected chi connectivity index (χ4v) is 3.66. The van der Waals surface area contributed by atoms with Crippen molar-refractivity contribution in [3.05, 3.63) is 35.9 Å². The van der Waals surface area contributed by atoms with Gasteiger partial charge in [-0.15, -0.1) is 0 Å². The van der Waals surface area contributed by atoms with Crippen LogP contribution in [0.4, 0.5) is 9.59 Å². The van der Waals surface area contributed by atoms with Crippen molar-refractivity contribution in [1.82, 2.24) is 20.9 Å². The maximum Gasteiger partial charge on any atom is 0.325 e. The molecule has 1 spiro atoms. The summed E-state index contributed by atoms with van der Waals surface area (Å²) in [6.07, 6.45) is 4.74. The van der Waals surface area contributed by atoms with Gasteiger partial charge in [-0.1, -0.05) is 43.2 Å². The Balaban J connectivity index is 1.32. The standard InChI is InChI=1S/C19H26N4O3/c24-16-19(10-4-5-11-19)22-18(26)23(16)14-6-12-20-17(25)21-13-9-15-7-2-1-3-8-15/h1-3,7-8H,4-6,9-14H2,(H,22,26)(H2,20,21,25). The van der Waals surface area contributed by atoms with E-state index < -0.39 is 5.54 Å². The van der Waals surface area contributed by atoms with Gasteiger partial charge in [0.05, 0.1) is 0 Å². The molecule has 26 heavy (non-hydrogen) atoms. The van der Waals surface area contributed by atoms with Crippen LogP contribution in [0.15, 0.2) is 30.3 Å². The van der Waals surface area contributed by atoms with E-state index in [1.54, 1.807) is 0 Å². The summed E-state index contributed by atoms with van der Waals surface area (Å²) in [5.74, 6) is -0.104. The van der Waals surface area contributed by atoms with Crippen molar-refractivity contribution in [3.8, 4) is 0 Å². The number of hydrogen-bond donors (Lipinski definition) is 3. The third-order valence-corrected chi connectivity index (χ3v) is 5.09. The SMILES string of the molecule is O=C(NCCCN1C(=O)NC2(CCCC2)C1=O)NCCc1ccccc1. The largest absolute Gasteiger partial charge is 0.338 e. The van der Waals surface area contributed by atoms with Gasteiger partial charge in [0.25, 0.3) is 5.91 Å². The molecule has 2 aliphatic rings. The Kier molecular flexibility index (Phi) is 5.75. The second-order valence-corrected chi connectivity index (χ2v) is 6.95. The van der Waals surface area contributed by atoms with Gasteiger partial charge in [-0.25, -0.2) is 9.59 Å². The van der Waals surface area contributed by atoms with Crippen LogP contribution in [-0.4, -0.2) is 48.0 Å². The summed E-state index contributed by atoms with van der Waals surface area (Å²) in [6.45, 7) is 1.31. The molecule has 3 rings (SSSR count). The Labute approximate surface area is 153 Å². The van der Waals surface area contributed by atoms with E-state index in [9.17, 15) is 14.4 Å². The van der Waals surface area contributed by atoms with Crippen LogP contribution in [0.1, 0.15) is 37.7 Å². The monoisotopic (exact) mass is 358 g/mol. The van der Waals surface area contributed by atoms with Crippen molar-refractivity contribution in [2.45, 2.75) is 44.1 Å². The van der Waals surface area contributed by atoms with E-state index in [4.69, 9.17) is 0 Å². The number of urea groups is 2. The molecule has 7 nitrogen and oxygen atoms in total. The lowest BCUT2D eigenvalue weighted by molar-refractivity contribution is -0.131. The van der Waals surface area contributed by atoms with Crippen LogP contribution in [0.5, 0.6) is 0 Å². The van der Waals surface area contributed by atoms with Crippen molar-refractivity contribution in [2.24, 2.45) is 0 Å². The Hall–Kier alpha value is -2.57. The molecular formula is C19H26N4O3. The fourth-order valence-electron chi connectivity index (χ4n) is 3.66. The second-order valence-electron chi connectivity index (χ2n) is 6.95. The predicted molar refractivity (Wildman–Crippen MR) is 97.6 cm³/mol. The Morgan fingerprint density at radius 1 is 1.08 bits per heavy atom. The topological polar surface area (TPSA) is 90.5 Å². The number of imide groups is 1. The number of rotatable bonds is 7. The highest BCUT2D eigenvalue weighted by Gasteiger charge is 2.51. The first kappa shape index (κ1) is 18.2. The third-order valence-electron chi connectivity index (χ3n) is 5.09. The van der Waals surface area contributed by atoms with Gasteiger partial charge in [-0.3, -0.25) is 9.69 Å². The zero-order chi connectivity index (χ0) is 18.4. The average Bonchev–Trinajstić information content (AvgIpc) is 3.19. The van der Waals surface area contributed by atoms with Crippen molar-refractivity contribution in [1.29, 1.82) is 0 Å². The molecule has 1 aliphatic heterocycles. The maximum absolute atomic E-state index is 12.5. The highest BCUT2D eigenvalue weighted by atomic mass is 16.2. The van der Waals surface area contributed by atoms with Crippen molar-refractivity contribution in [3.63, 3.8) is 0 Å². The molecule has 0 aromatic heterocycles. The van der Waals surface area contributed by atoms with E-state index >= 15 is 0 Å². The lowest BCUT2D eigenvalue weighted by Gasteiger charge is -2.20. The molecule has 0 atom stereocenters. The summed E-state index contributed by atoms with van der Waals surface area (Å²) in [7, 11) is 0. The lowest BCUT2D eigenvalue weighted by Crippen LogP contribution is -2.44. The zero-order valence-electron chi connectivity index (χ0n) is 14.9. The number of nitrogens with one attached hydrogen (secondary N) is 3. The van der Waals surface area contributed by atoms with Crippen LogP contribution in [0.3, 0.4) is 0 Å². The number of nitrogens with zero attached hydrogens (tertiary/aromatic N) is 1. The molecule has 0 bridgehead atoms. The average molecular weight is 358 g/mol.